The number of hydrogen-bond acceptors (Lipinski definition) is 5. The molecule has 1 amide bonds. The Bertz CT molecular complexity index is 1290. The van der Waals surface area contributed by atoms with E-state index in [4.69, 9.17) is 4.74 Å². The van der Waals surface area contributed by atoms with Crippen LogP contribution in [0.5, 0.6) is 0 Å². The van der Waals surface area contributed by atoms with Gasteiger partial charge in [0.15, 0.2) is 0 Å². The zero-order valence-corrected chi connectivity index (χ0v) is 19.8. The van der Waals surface area contributed by atoms with Crippen LogP contribution in [0.25, 0.3) is 0 Å². The summed E-state index contributed by atoms with van der Waals surface area (Å²) in [6.07, 6.45) is 0. The van der Waals surface area contributed by atoms with Crippen LogP contribution in [-0.4, -0.2) is 33.9 Å². The van der Waals surface area contributed by atoms with Crippen LogP contribution in [0.1, 0.15) is 27.0 Å². The van der Waals surface area contributed by atoms with Crippen molar-refractivity contribution >= 4 is 33.3 Å². The standard InChI is InChI=1S/C25H26N2O5S/c1-17-10-13-23(19(3)14-17)27(33(30,31)21-8-6-5-7-9-21)16-24(28)26-22-15-20(25(29)32-4)12-11-18(22)2/h5-15H,16H2,1-4H3,(H,26,28). The summed E-state index contributed by atoms with van der Waals surface area (Å²) in [6.45, 7) is 5.05. The van der Waals surface area contributed by atoms with Crippen LogP contribution < -0.4 is 9.62 Å². The third-order valence-corrected chi connectivity index (χ3v) is 6.95. The molecule has 0 aliphatic rings. The van der Waals surface area contributed by atoms with Crippen molar-refractivity contribution in [3.05, 3.63) is 89.0 Å². The molecule has 0 radical (unpaired) electrons. The van der Waals surface area contributed by atoms with E-state index in [1.165, 1.54) is 25.3 Å². The average Bonchev–Trinajstić information content (AvgIpc) is 2.79. The number of benzene rings is 3. The van der Waals surface area contributed by atoms with Crippen LogP contribution in [0.4, 0.5) is 11.4 Å². The zero-order valence-electron chi connectivity index (χ0n) is 19.0. The fourth-order valence-corrected chi connectivity index (χ4v) is 4.93. The fraction of sp³-hybridized carbons (Fsp3) is 0.200. The van der Waals surface area contributed by atoms with Crippen LogP contribution in [0.15, 0.2) is 71.6 Å². The Morgan fingerprint density at radius 1 is 0.909 bits per heavy atom. The highest BCUT2D eigenvalue weighted by Crippen LogP contribution is 2.28. The summed E-state index contributed by atoms with van der Waals surface area (Å²) in [5, 5.41) is 2.73. The number of methoxy groups -OCH3 is 1. The highest BCUT2D eigenvalue weighted by Gasteiger charge is 2.28. The lowest BCUT2D eigenvalue weighted by Crippen LogP contribution is -2.38. The molecule has 3 rings (SSSR count). The monoisotopic (exact) mass is 466 g/mol. The SMILES string of the molecule is COC(=O)c1ccc(C)c(NC(=O)CN(c2ccc(C)cc2C)S(=O)(=O)c2ccccc2)c1. The van der Waals surface area contributed by atoms with Gasteiger partial charge >= 0.3 is 5.97 Å². The molecule has 0 saturated carbocycles. The van der Waals surface area contributed by atoms with Gasteiger partial charge < -0.3 is 10.1 Å². The number of hydrogen-bond donors (Lipinski definition) is 1. The zero-order chi connectivity index (χ0) is 24.2. The Morgan fingerprint density at radius 2 is 1.61 bits per heavy atom. The first kappa shape index (κ1) is 24.0. The number of carbonyl (C=O) groups is 2. The van der Waals surface area contributed by atoms with Crippen molar-refractivity contribution < 1.29 is 22.7 Å². The molecule has 0 aliphatic carbocycles. The number of aryl methyl sites for hydroxylation is 3. The number of sulfonamides is 1. The Labute approximate surface area is 194 Å². The second kappa shape index (κ2) is 9.87. The van der Waals surface area contributed by atoms with E-state index in [2.05, 4.69) is 5.32 Å². The molecule has 1 N–H and O–H groups in total. The van der Waals surface area contributed by atoms with Gasteiger partial charge in [0.05, 0.1) is 23.3 Å². The summed E-state index contributed by atoms with van der Waals surface area (Å²) < 4.78 is 32.8. The van der Waals surface area contributed by atoms with E-state index < -0.39 is 28.4 Å². The smallest absolute Gasteiger partial charge is 0.337 e. The first-order chi connectivity index (χ1) is 15.6. The number of esters is 1. The summed E-state index contributed by atoms with van der Waals surface area (Å²) in [5.41, 5.74) is 3.53. The van der Waals surface area contributed by atoms with Crippen molar-refractivity contribution in [1.82, 2.24) is 0 Å². The number of nitrogens with zero attached hydrogens (tertiary/aromatic N) is 1. The topological polar surface area (TPSA) is 92.8 Å². The molecule has 0 aliphatic heterocycles. The number of rotatable bonds is 7. The van der Waals surface area contributed by atoms with Gasteiger partial charge in [-0.3, -0.25) is 9.10 Å². The minimum atomic E-state index is -4.01. The Balaban J connectivity index is 1.97. The van der Waals surface area contributed by atoms with Crippen molar-refractivity contribution in [2.24, 2.45) is 0 Å². The maximum absolute atomic E-state index is 13.5. The number of nitrogens with one attached hydrogen (secondary N) is 1. The summed E-state index contributed by atoms with van der Waals surface area (Å²) in [7, 11) is -2.74. The van der Waals surface area contributed by atoms with Crippen LogP contribution in [-0.2, 0) is 19.6 Å². The molecule has 0 atom stereocenters. The Kier molecular flexibility index (Phi) is 7.18. The van der Waals surface area contributed by atoms with E-state index in [9.17, 15) is 18.0 Å². The number of amides is 1. The lowest BCUT2D eigenvalue weighted by atomic mass is 10.1. The number of anilines is 2. The molecule has 33 heavy (non-hydrogen) atoms. The molecule has 0 spiro atoms. The first-order valence-electron chi connectivity index (χ1n) is 10.3. The predicted octanol–water partition coefficient (Wildman–Crippen LogP) is 4.23. The van der Waals surface area contributed by atoms with E-state index in [1.807, 2.05) is 13.0 Å². The van der Waals surface area contributed by atoms with Crippen molar-refractivity contribution in [1.29, 1.82) is 0 Å². The number of ether oxygens (including phenoxy) is 1. The molecular weight excluding hydrogens is 440 g/mol. The van der Waals surface area contributed by atoms with Gasteiger partial charge in [0, 0.05) is 5.69 Å². The summed E-state index contributed by atoms with van der Waals surface area (Å²) in [4.78, 5) is 25.0. The normalized spacial score (nSPS) is 11.0. The van der Waals surface area contributed by atoms with Gasteiger partial charge in [-0.25, -0.2) is 13.2 Å². The average molecular weight is 467 g/mol. The molecular formula is C25H26N2O5S. The van der Waals surface area contributed by atoms with Gasteiger partial charge in [-0.05, 0) is 62.2 Å². The largest absolute Gasteiger partial charge is 0.465 e. The summed E-state index contributed by atoms with van der Waals surface area (Å²) >= 11 is 0. The molecule has 0 saturated heterocycles. The third-order valence-electron chi connectivity index (χ3n) is 5.17. The highest BCUT2D eigenvalue weighted by atomic mass is 32.2. The van der Waals surface area contributed by atoms with Crippen LogP contribution >= 0.6 is 0 Å². The molecule has 0 aromatic heterocycles. The molecule has 0 bridgehead atoms. The second-order valence-electron chi connectivity index (χ2n) is 7.68. The van der Waals surface area contributed by atoms with E-state index in [-0.39, 0.29) is 10.5 Å². The predicted molar refractivity (Wildman–Crippen MR) is 128 cm³/mol. The minimum absolute atomic E-state index is 0.0849. The van der Waals surface area contributed by atoms with Gasteiger partial charge in [-0.15, -0.1) is 0 Å². The van der Waals surface area contributed by atoms with Crippen LogP contribution in [0, 0.1) is 20.8 Å². The lowest BCUT2D eigenvalue weighted by molar-refractivity contribution is -0.114. The summed E-state index contributed by atoms with van der Waals surface area (Å²) in [6, 6.07) is 18.1. The quantitative estimate of drug-likeness (QED) is 0.526. The van der Waals surface area contributed by atoms with Crippen LogP contribution in [0.2, 0.25) is 0 Å². The summed E-state index contributed by atoms with van der Waals surface area (Å²) in [5.74, 6) is -1.08. The molecule has 7 nitrogen and oxygen atoms in total. The molecule has 0 heterocycles. The van der Waals surface area contributed by atoms with Crippen molar-refractivity contribution in [3.8, 4) is 0 Å². The van der Waals surface area contributed by atoms with Crippen molar-refractivity contribution in [3.63, 3.8) is 0 Å². The second-order valence-corrected chi connectivity index (χ2v) is 9.55. The van der Waals surface area contributed by atoms with Gasteiger partial charge in [0.25, 0.3) is 10.0 Å². The fourth-order valence-electron chi connectivity index (χ4n) is 3.43. The molecule has 0 fully saturated rings. The van der Waals surface area contributed by atoms with Gasteiger partial charge in [-0.1, -0.05) is 42.0 Å². The lowest BCUT2D eigenvalue weighted by Gasteiger charge is -2.26. The number of carbonyl (C=O) groups excluding carboxylic acids is 2. The van der Waals surface area contributed by atoms with E-state index in [0.29, 0.717) is 11.4 Å². The van der Waals surface area contributed by atoms with E-state index in [1.54, 1.807) is 56.3 Å². The van der Waals surface area contributed by atoms with Crippen molar-refractivity contribution in [2.75, 3.05) is 23.3 Å². The highest BCUT2D eigenvalue weighted by molar-refractivity contribution is 7.92. The Morgan fingerprint density at radius 3 is 2.24 bits per heavy atom. The van der Waals surface area contributed by atoms with Gasteiger partial charge in [0.1, 0.15) is 6.54 Å². The van der Waals surface area contributed by atoms with Crippen LogP contribution in [0.3, 0.4) is 0 Å². The van der Waals surface area contributed by atoms with E-state index in [0.717, 1.165) is 21.0 Å². The third kappa shape index (κ3) is 5.40. The maximum atomic E-state index is 13.5. The molecule has 172 valence electrons. The van der Waals surface area contributed by atoms with Gasteiger partial charge in [0.2, 0.25) is 5.91 Å². The van der Waals surface area contributed by atoms with Crippen molar-refractivity contribution in [2.45, 2.75) is 25.7 Å². The molecule has 3 aromatic carbocycles. The Hall–Kier alpha value is -3.65. The molecule has 3 aromatic rings. The minimum Gasteiger partial charge on any atom is -0.465 e. The first-order valence-corrected chi connectivity index (χ1v) is 11.7. The molecule has 0 unspecified atom stereocenters. The van der Waals surface area contributed by atoms with Gasteiger partial charge in [-0.2, -0.15) is 0 Å². The maximum Gasteiger partial charge on any atom is 0.337 e. The molecule has 8 heteroatoms. The van der Waals surface area contributed by atoms with E-state index >= 15 is 0 Å².